The number of hydrogen-bond acceptors (Lipinski definition) is 1. The van der Waals surface area contributed by atoms with E-state index >= 15 is 0 Å². The predicted molar refractivity (Wildman–Crippen MR) is 55.7 cm³/mol. The molecule has 13 heavy (non-hydrogen) atoms. The van der Waals surface area contributed by atoms with Crippen LogP contribution in [0.4, 0.5) is 0 Å². The first kappa shape index (κ1) is 10.7. The summed E-state index contributed by atoms with van der Waals surface area (Å²) >= 11 is 0. The molecule has 0 saturated heterocycles. The third-order valence-electron chi connectivity index (χ3n) is 3.43. The van der Waals surface area contributed by atoms with E-state index < -0.39 is 0 Å². The quantitative estimate of drug-likeness (QED) is 0.647. The average molecular weight is 182 g/mol. The minimum atomic E-state index is 0.489. The van der Waals surface area contributed by atoms with Crippen molar-refractivity contribution < 1.29 is 4.79 Å². The van der Waals surface area contributed by atoms with Crippen molar-refractivity contribution >= 4 is 5.78 Å². The molecule has 0 atom stereocenters. The minimum Gasteiger partial charge on any atom is -0.300 e. The molecule has 0 N–H and O–H groups in total. The second-order valence-electron chi connectivity index (χ2n) is 4.54. The van der Waals surface area contributed by atoms with E-state index in [-0.39, 0.29) is 0 Å². The van der Waals surface area contributed by atoms with Crippen molar-refractivity contribution in [1.29, 1.82) is 0 Å². The molecule has 0 aromatic rings. The van der Waals surface area contributed by atoms with E-state index in [1.807, 2.05) is 0 Å². The molecule has 0 unspecified atom stereocenters. The Labute approximate surface area is 81.9 Å². The summed E-state index contributed by atoms with van der Waals surface area (Å²) in [5.74, 6) is 0.489. The van der Waals surface area contributed by atoms with E-state index in [1.165, 1.54) is 25.7 Å². The Bertz CT molecular complexity index is 154. The summed E-state index contributed by atoms with van der Waals surface area (Å²) in [6.07, 6.45) is 9.21. The van der Waals surface area contributed by atoms with Gasteiger partial charge >= 0.3 is 0 Å². The number of Topliss-reactive ketones (excluding diaryl/α,β-unsaturated/α-hetero) is 1. The largest absolute Gasteiger partial charge is 0.300 e. The van der Waals surface area contributed by atoms with Crippen molar-refractivity contribution in [1.82, 2.24) is 0 Å². The highest BCUT2D eigenvalue weighted by Gasteiger charge is 2.32. The molecule has 1 fully saturated rings. The molecule has 0 radical (unpaired) electrons. The molecule has 1 aliphatic rings. The van der Waals surface area contributed by atoms with Gasteiger partial charge in [0.05, 0.1) is 0 Å². The highest BCUT2D eigenvalue weighted by molar-refractivity contribution is 5.79. The Morgan fingerprint density at radius 3 is 1.92 bits per heavy atom. The maximum absolute atomic E-state index is 11.2. The lowest BCUT2D eigenvalue weighted by Crippen LogP contribution is -2.27. The van der Waals surface area contributed by atoms with Gasteiger partial charge in [-0.3, -0.25) is 4.79 Å². The summed E-state index contributed by atoms with van der Waals surface area (Å²) in [5.41, 5.74) is 0.539. The summed E-state index contributed by atoms with van der Waals surface area (Å²) < 4.78 is 0. The van der Waals surface area contributed by atoms with Gasteiger partial charge in [0.1, 0.15) is 5.78 Å². The van der Waals surface area contributed by atoms with Gasteiger partial charge in [-0.05, 0) is 31.1 Å². The number of hydrogen-bond donors (Lipinski definition) is 0. The van der Waals surface area contributed by atoms with Crippen LogP contribution in [0.25, 0.3) is 0 Å². The predicted octanol–water partition coefficient (Wildman–Crippen LogP) is 3.72. The Balaban J connectivity index is 2.51. The lowest BCUT2D eigenvalue weighted by molar-refractivity contribution is -0.122. The van der Waals surface area contributed by atoms with E-state index in [0.29, 0.717) is 11.2 Å². The first-order valence-electron chi connectivity index (χ1n) is 5.74. The van der Waals surface area contributed by atoms with Crippen LogP contribution in [-0.4, -0.2) is 5.78 Å². The topological polar surface area (TPSA) is 17.1 Å². The van der Waals surface area contributed by atoms with Crippen LogP contribution >= 0.6 is 0 Å². The molecule has 1 aliphatic carbocycles. The third-order valence-corrected chi connectivity index (χ3v) is 3.43. The first-order chi connectivity index (χ1) is 6.22. The van der Waals surface area contributed by atoms with Gasteiger partial charge in [0.2, 0.25) is 0 Å². The van der Waals surface area contributed by atoms with Gasteiger partial charge < -0.3 is 0 Å². The van der Waals surface area contributed by atoms with E-state index in [1.54, 1.807) is 0 Å². The monoisotopic (exact) mass is 182 g/mol. The van der Waals surface area contributed by atoms with Gasteiger partial charge in [-0.25, -0.2) is 0 Å². The molecule has 0 aromatic heterocycles. The lowest BCUT2D eigenvalue weighted by Gasteiger charge is -2.36. The summed E-state index contributed by atoms with van der Waals surface area (Å²) in [4.78, 5) is 11.2. The summed E-state index contributed by atoms with van der Waals surface area (Å²) in [7, 11) is 0. The Morgan fingerprint density at radius 1 is 1.08 bits per heavy atom. The van der Waals surface area contributed by atoms with Gasteiger partial charge in [-0.1, -0.05) is 26.7 Å². The smallest absolute Gasteiger partial charge is 0.132 e. The molecule has 1 rings (SSSR count). The van der Waals surface area contributed by atoms with E-state index in [9.17, 15) is 4.79 Å². The standard InChI is InChI=1S/C12H22O/c1-3-7-12(8-4-2)9-5-11(13)6-10-12/h3-10H2,1-2H3. The van der Waals surface area contributed by atoms with Crippen LogP contribution in [0.3, 0.4) is 0 Å². The molecule has 76 valence electrons. The highest BCUT2D eigenvalue weighted by Crippen LogP contribution is 2.42. The fraction of sp³-hybridized carbons (Fsp3) is 0.917. The Morgan fingerprint density at radius 2 is 1.54 bits per heavy atom. The maximum atomic E-state index is 11.2. The second kappa shape index (κ2) is 4.78. The van der Waals surface area contributed by atoms with Gasteiger partial charge in [0.15, 0.2) is 0 Å². The van der Waals surface area contributed by atoms with E-state index in [0.717, 1.165) is 25.7 Å². The van der Waals surface area contributed by atoms with Crippen LogP contribution in [0.2, 0.25) is 0 Å². The van der Waals surface area contributed by atoms with Crippen LogP contribution in [0.1, 0.15) is 65.2 Å². The van der Waals surface area contributed by atoms with E-state index in [2.05, 4.69) is 13.8 Å². The molecule has 1 heteroatoms. The van der Waals surface area contributed by atoms with Gasteiger partial charge in [-0.2, -0.15) is 0 Å². The number of carbonyl (C=O) groups is 1. The van der Waals surface area contributed by atoms with Gasteiger partial charge in [0, 0.05) is 12.8 Å². The fourth-order valence-electron chi connectivity index (χ4n) is 2.74. The van der Waals surface area contributed by atoms with Gasteiger partial charge in [0.25, 0.3) is 0 Å². The number of carbonyl (C=O) groups excluding carboxylic acids is 1. The molecule has 1 nitrogen and oxygen atoms in total. The van der Waals surface area contributed by atoms with Crippen molar-refractivity contribution in [3.05, 3.63) is 0 Å². The first-order valence-corrected chi connectivity index (χ1v) is 5.74. The molecule has 1 saturated carbocycles. The number of ketones is 1. The zero-order valence-electron chi connectivity index (χ0n) is 9.07. The highest BCUT2D eigenvalue weighted by atomic mass is 16.1. The van der Waals surface area contributed by atoms with Crippen molar-refractivity contribution in [2.75, 3.05) is 0 Å². The van der Waals surface area contributed by atoms with E-state index in [4.69, 9.17) is 0 Å². The van der Waals surface area contributed by atoms with Crippen molar-refractivity contribution in [3.63, 3.8) is 0 Å². The average Bonchev–Trinajstić information content (AvgIpc) is 2.11. The molecule has 0 amide bonds. The normalized spacial score (nSPS) is 21.8. The van der Waals surface area contributed by atoms with Crippen molar-refractivity contribution in [2.45, 2.75) is 65.2 Å². The Hall–Kier alpha value is -0.330. The lowest BCUT2D eigenvalue weighted by atomic mass is 9.68. The summed E-state index contributed by atoms with van der Waals surface area (Å²) in [5, 5.41) is 0. The van der Waals surface area contributed by atoms with Crippen LogP contribution < -0.4 is 0 Å². The summed E-state index contributed by atoms with van der Waals surface area (Å²) in [6, 6.07) is 0. The molecule has 0 heterocycles. The molecule has 0 bridgehead atoms. The molecular formula is C12H22O. The molecule has 0 aliphatic heterocycles. The zero-order chi connectivity index (χ0) is 9.73. The van der Waals surface area contributed by atoms with Crippen molar-refractivity contribution in [2.24, 2.45) is 5.41 Å². The Kier molecular flexibility index (Phi) is 3.95. The molecule has 0 aromatic carbocycles. The summed E-state index contributed by atoms with van der Waals surface area (Å²) in [6.45, 7) is 4.52. The van der Waals surface area contributed by atoms with Crippen LogP contribution in [-0.2, 0) is 4.79 Å². The second-order valence-corrected chi connectivity index (χ2v) is 4.54. The SMILES string of the molecule is CCCC1(CCC)CCC(=O)CC1. The number of rotatable bonds is 4. The zero-order valence-corrected chi connectivity index (χ0v) is 9.07. The van der Waals surface area contributed by atoms with Crippen LogP contribution in [0.5, 0.6) is 0 Å². The third kappa shape index (κ3) is 2.82. The molecular weight excluding hydrogens is 160 g/mol. The van der Waals surface area contributed by atoms with Crippen LogP contribution in [0.15, 0.2) is 0 Å². The maximum Gasteiger partial charge on any atom is 0.132 e. The van der Waals surface area contributed by atoms with Crippen molar-refractivity contribution in [3.8, 4) is 0 Å². The molecule has 0 spiro atoms. The fourth-order valence-corrected chi connectivity index (χ4v) is 2.74. The van der Waals surface area contributed by atoms with Crippen LogP contribution in [0, 0.1) is 5.41 Å². The van der Waals surface area contributed by atoms with Gasteiger partial charge in [-0.15, -0.1) is 0 Å². The minimum absolute atomic E-state index is 0.489.